The van der Waals surface area contributed by atoms with Crippen molar-refractivity contribution in [2.75, 3.05) is 7.11 Å². The lowest BCUT2D eigenvalue weighted by Gasteiger charge is -2.07. The molecular weight excluding hydrogens is 236 g/mol. The molecule has 1 aromatic heterocycles. The van der Waals surface area contributed by atoms with E-state index in [0.717, 1.165) is 22.7 Å². The van der Waals surface area contributed by atoms with E-state index >= 15 is 0 Å². The molecule has 0 aliphatic heterocycles. The average Bonchev–Trinajstić information content (AvgIpc) is 2.70. The fraction of sp³-hybridized carbons (Fsp3) is 0.154. The Morgan fingerprint density at radius 1 is 1.35 bits per heavy atom. The van der Waals surface area contributed by atoms with Crippen LogP contribution in [0.1, 0.15) is 11.3 Å². The first-order valence-corrected chi connectivity index (χ1v) is 5.47. The average molecular weight is 247 g/mol. The number of nitrogens with one attached hydrogen (secondary N) is 1. The largest absolute Gasteiger partial charge is 0.496 e. The Kier molecular flexibility index (Phi) is 3.08. The quantitative estimate of drug-likeness (QED) is 0.881. The lowest BCUT2D eigenvalue weighted by atomic mass is 10.1. The van der Waals surface area contributed by atoms with Crippen molar-refractivity contribution in [1.82, 2.24) is 4.98 Å². The fourth-order valence-corrected chi connectivity index (χ4v) is 1.88. The highest BCUT2D eigenvalue weighted by Crippen LogP contribution is 2.32. The van der Waals surface area contributed by atoms with Gasteiger partial charge in [-0.15, -0.1) is 0 Å². The number of aryl methyl sites for hydroxylation is 1. The Labute approximate surface area is 105 Å². The summed E-state index contributed by atoms with van der Waals surface area (Å²) in [5.74, 6) is 0.722. The minimum absolute atomic E-state index is 0.627. The first-order valence-electron chi connectivity index (χ1n) is 5.09. The van der Waals surface area contributed by atoms with Crippen LogP contribution >= 0.6 is 11.6 Å². The van der Waals surface area contributed by atoms with Gasteiger partial charge in [0, 0.05) is 16.3 Å². The summed E-state index contributed by atoms with van der Waals surface area (Å²) in [5, 5.41) is 9.56. The number of halogens is 1. The van der Waals surface area contributed by atoms with Gasteiger partial charge in [-0.2, -0.15) is 5.26 Å². The number of methoxy groups -OCH3 is 1. The predicted octanol–water partition coefficient (Wildman–Crippen LogP) is 3.52. The molecule has 2 rings (SSSR count). The van der Waals surface area contributed by atoms with Crippen molar-refractivity contribution >= 4 is 11.6 Å². The van der Waals surface area contributed by atoms with Crippen LogP contribution in [0.4, 0.5) is 0 Å². The maximum atomic E-state index is 8.93. The maximum absolute atomic E-state index is 8.93. The van der Waals surface area contributed by atoms with E-state index in [2.05, 4.69) is 11.1 Å². The zero-order valence-corrected chi connectivity index (χ0v) is 10.3. The van der Waals surface area contributed by atoms with Crippen LogP contribution < -0.4 is 4.74 Å². The van der Waals surface area contributed by atoms with Crippen molar-refractivity contribution in [1.29, 1.82) is 5.26 Å². The number of rotatable bonds is 2. The van der Waals surface area contributed by atoms with Crippen molar-refractivity contribution in [2.24, 2.45) is 0 Å². The molecule has 2 aromatic rings. The third-order valence-corrected chi connectivity index (χ3v) is 2.82. The second-order valence-corrected chi connectivity index (χ2v) is 4.11. The smallest absolute Gasteiger partial charge is 0.128 e. The van der Waals surface area contributed by atoms with E-state index in [1.54, 1.807) is 25.3 Å². The van der Waals surface area contributed by atoms with Gasteiger partial charge in [-0.3, -0.25) is 0 Å². The van der Waals surface area contributed by atoms with E-state index in [0.29, 0.717) is 10.6 Å². The van der Waals surface area contributed by atoms with Crippen molar-refractivity contribution in [3.63, 3.8) is 0 Å². The predicted molar refractivity (Wildman–Crippen MR) is 67.2 cm³/mol. The van der Waals surface area contributed by atoms with Gasteiger partial charge < -0.3 is 9.72 Å². The van der Waals surface area contributed by atoms with Crippen LogP contribution in [0.2, 0.25) is 5.02 Å². The summed E-state index contributed by atoms with van der Waals surface area (Å²) in [5.41, 5.74) is 3.15. The molecule has 0 spiro atoms. The molecule has 3 nitrogen and oxygen atoms in total. The minimum Gasteiger partial charge on any atom is -0.496 e. The van der Waals surface area contributed by atoms with E-state index in [-0.39, 0.29) is 0 Å². The Bertz CT molecular complexity index is 596. The highest BCUT2D eigenvalue weighted by Gasteiger charge is 2.11. The molecule has 0 saturated heterocycles. The van der Waals surface area contributed by atoms with Gasteiger partial charge in [0.1, 0.15) is 11.8 Å². The molecule has 0 radical (unpaired) electrons. The van der Waals surface area contributed by atoms with Gasteiger partial charge in [-0.1, -0.05) is 11.6 Å². The summed E-state index contributed by atoms with van der Waals surface area (Å²) in [6.07, 6.45) is 0. The van der Waals surface area contributed by atoms with E-state index in [1.807, 2.05) is 13.0 Å². The molecule has 86 valence electrons. The summed E-state index contributed by atoms with van der Waals surface area (Å²) in [6, 6.07) is 9.31. The van der Waals surface area contributed by atoms with Crippen molar-refractivity contribution in [3.05, 3.63) is 40.5 Å². The normalized spacial score (nSPS) is 10.0. The fourth-order valence-electron chi connectivity index (χ4n) is 1.71. The van der Waals surface area contributed by atoms with Gasteiger partial charge in [0.25, 0.3) is 0 Å². The van der Waals surface area contributed by atoms with Crippen LogP contribution in [0.3, 0.4) is 0 Å². The Hall–Kier alpha value is -1.92. The SMILES string of the molecule is COc1ccc(Cl)cc1-c1cc(C#N)c(C)[nH]1. The van der Waals surface area contributed by atoms with E-state index < -0.39 is 0 Å². The second-order valence-electron chi connectivity index (χ2n) is 3.68. The summed E-state index contributed by atoms with van der Waals surface area (Å²) in [7, 11) is 1.60. The highest BCUT2D eigenvalue weighted by molar-refractivity contribution is 6.30. The molecule has 0 fully saturated rings. The standard InChI is InChI=1S/C13H11ClN2O/c1-8-9(7-15)5-12(16-8)11-6-10(14)3-4-13(11)17-2/h3-6,16H,1-2H3. The Morgan fingerprint density at radius 2 is 2.12 bits per heavy atom. The Morgan fingerprint density at radius 3 is 2.71 bits per heavy atom. The molecule has 0 saturated carbocycles. The number of benzene rings is 1. The van der Waals surface area contributed by atoms with Gasteiger partial charge in [-0.05, 0) is 31.2 Å². The summed E-state index contributed by atoms with van der Waals surface area (Å²) < 4.78 is 5.28. The molecule has 0 amide bonds. The van der Waals surface area contributed by atoms with Crippen molar-refractivity contribution in [3.8, 4) is 23.1 Å². The third-order valence-electron chi connectivity index (χ3n) is 2.59. The first kappa shape index (κ1) is 11.6. The lowest BCUT2D eigenvalue weighted by Crippen LogP contribution is -1.88. The summed E-state index contributed by atoms with van der Waals surface area (Å²) in [4.78, 5) is 3.15. The van der Waals surface area contributed by atoms with Gasteiger partial charge in [0.2, 0.25) is 0 Å². The van der Waals surface area contributed by atoms with E-state index in [9.17, 15) is 0 Å². The van der Waals surface area contributed by atoms with Crippen molar-refractivity contribution in [2.45, 2.75) is 6.92 Å². The topological polar surface area (TPSA) is 48.8 Å². The Balaban J connectivity index is 2.59. The van der Waals surface area contributed by atoms with Crippen LogP contribution in [0.25, 0.3) is 11.3 Å². The molecule has 4 heteroatoms. The molecule has 1 aromatic carbocycles. The van der Waals surface area contributed by atoms with Crippen LogP contribution in [0.15, 0.2) is 24.3 Å². The first-order chi connectivity index (χ1) is 8.15. The van der Waals surface area contributed by atoms with E-state index in [1.165, 1.54) is 0 Å². The van der Waals surface area contributed by atoms with Crippen molar-refractivity contribution < 1.29 is 4.74 Å². The highest BCUT2D eigenvalue weighted by atomic mass is 35.5. The van der Waals surface area contributed by atoms with Crippen LogP contribution in [-0.4, -0.2) is 12.1 Å². The molecule has 0 atom stereocenters. The number of hydrogen-bond donors (Lipinski definition) is 1. The molecule has 1 heterocycles. The minimum atomic E-state index is 0.627. The molecule has 0 bridgehead atoms. The number of nitrogens with zero attached hydrogens (tertiary/aromatic N) is 1. The van der Waals surface area contributed by atoms with Crippen LogP contribution in [0, 0.1) is 18.3 Å². The van der Waals surface area contributed by atoms with Crippen LogP contribution in [-0.2, 0) is 0 Å². The molecule has 0 unspecified atom stereocenters. The maximum Gasteiger partial charge on any atom is 0.128 e. The summed E-state index contributed by atoms with van der Waals surface area (Å²) in [6.45, 7) is 1.86. The van der Waals surface area contributed by atoms with Gasteiger partial charge in [0.05, 0.1) is 18.4 Å². The third kappa shape index (κ3) is 2.13. The second kappa shape index (κ2) is 4.52. The molecule has 0 aliphatic carbocycles. The number of nitriles is 1. The monoisotopic (exact) mass is 246 g/mol. The zero-order chi connectivity index (χ0) is 12.4. The number of aromatic amines is 1. The number of ether oxygens (including phenoxy) is 1. The number of aromatic nitrogens is 1. The summed E-state index contributed by atoms with van der Waals surface area (Å²) >= 11 is 5.97. The molecule has 0 aliphatic rings. The molecule has 17 heavy (non-hydrogen) atoms. The van der Waals surface area contributed by atoms with Crippen LogP contribution in [0.5, 0.6) is 5.75 Å². The number of H-pyrrole nitrogens is 1. The van der Waals surface area contributed by atoms with Gasteiger partial charge in [0.15, 0.2) is 0 Å². The lowest BCUT2D eigenvalue weighted by molar-refractivity contribution is 0.416. The molecular formula is C13H11ClN2O. The zero-order valence-electron chi connectivity index (χ0n) is 9.54. The van der Waals surface area contributed by atoms with E-state index in [4.69, 9.17) is 21.6 Å². The van der Waals surface area contributed by atoms with Gasteiger partial charge >= 0.3 is 0 Å². The number of hydrogen-bond acceptors (Lipinski definition) is 2. The van der Waals surface area contributed by atoms with Gasteiger partial charge in [-0.25, -0.2) is 0 Å². The molecule has 1 N–H and O–H groups in total.